The molecule has 0 aliphatic carbocycles. The first kappa shape index (κ1) is 20.0. The summed E-state index contributed by atoms with van der Waals surface area (Å²) in [6.45, 7) is 17.9. The summed E-state index contributed by atoms with van der Waals surface area (Å²) in [5, 5.41) is 17.9. The number of aliphatic hydroxyl groups excluding tert-OH is 1. The highest BCUT2D eigenvalue weighted by Gasteiger charge is 2.12. The SMILES string of the molecule is C=C(O)/C(C)=C(C)/C=C(\C)C(=N)CC(C)c1cc(C)c(C)c(C)c1. The van der Waals surface area contributed by atoms with E-state index in [9.17, 15) is 5.11 Å². The van der Waals surface area contributed by atoms with Crippen molar-refractivity contribution in [3.63, 3.8) is 0 Å². The van der Waals surface area contributed by atoms with E-state index in [4.69, 9.17) is 5.41 Å². The third-order valence-electron chi connectivity index (χ3n) is 4.96. The monoisotopic (exact) mass is 325 g/mol. The van der Waals surface area contributed by atoms with E-state index in [0.29, 0.717) is 18.1 Å². The minimum absolute atomic E-state index is 0.0852. The van der Waals surface area contributed by atoms with E-state index in [1.807, 2.05) is 26.8 Å². The van der Waals surface area contributed by atoms with Gasteiger partial charge in [0.05, 0.1) is 0 Å². The minimum Gasteiger partial charge on any atom is -0.508 e. The average Bonchev–Trinajstić information content (AvgIpc) is 2.50. The van der Waals surface area contributed by atoms with Crippen LogP contribution in [0.5, 0.6) is 0 Å². The van der Waals surface area contributed by atoms with Crippen molar-refractivity contribution in [1.29, 1.82) is 5.41 Å². The Morgan fingerprint density at radius 3 is 2.12 bits per heavy atom. The molecule has 0 saturated carbocycles. The van der Waals surface area contributed by atoms with E-state index in [1.54, 1.807) is 0 Å². The first-order valence-electron chi connectivity index (χ1n) is 8.44. The van der Waals surface area contributed by atoms with Gasteiger partial charge in [0.2, 0.25) is 0 Å². The summed E-state index contributed by atoms with van der Waals surface area (Å²) in [6.07, 6.45) is 2.66. The van der Waals surface area contributed by atoms with Crippen molar-refractivity contribution >= 4 is 5.71 Å². The van der Waals surface area contributed by atoms with Gasteiger partial charge in [-0.1, -0.05) is 31.7 Å². The Kier molecular flexibility index (Phi) is 6.77. The lowest BCUT2D eigenvalue weighted by molar-refractivity contribution is 0.425. The largest absolute Gasteiger partial charge is 0.508 e. The van der Waals surface area contributed by atoms with Crippen LogP contribution in [-0.2, 0) is 0 Å². The lowest BCUT2D eigenvalue weighted by atomic mass is 9.89. The maximum atomic E-state index is 9.48. The standard InChI is InChI=1S/C22H31NO/c1-13(19(7)20(8)24)9-17(5)22(23)12-16(4)21-10-14(2)18(6)15(3)11-21/h9-11,16,23-24H,8,12H2,1-7H3/b17-9+,19-13+,23-22?. The van der Waals surface area contributed by atoms with Gasteiger partial charge in [-0.15, -0.1) is 0 Å². The van der Waals surface area contributed by atoms with E-state index >= 15 is 0 Å². The van der Waals surface area contributed by atoms with Crippen LogP contribution in [0.4, 0.5) is 0 Å². The van der Waals surface area contributed by atoms with Crippen LogP contribution in [-0.4, -0.2) is 10.8 Å². The number of allylic oxidation sites excluding steroid dienone is 4. The smallest absolute Gasteiger partial charge is 0.111 e. The van der Waals surface area contributed by atoms with Crippen LogP contribution >= 0.6 is 0 Å². The lowest BCUT2D eigenvalue weighted by Crippen LogP contribution is -2.06. The zero-order valence-corrected chi connectivity index (χ0v) is 16.2. The minimum atomic E-state index is 0.0852. The molecule has 1 aromatic rings. The van der Waals surface area contributed by atoms with Crippen molar-refractivity contribution in [2.75, 3.05) is 0 Å². The molecule has 1 aromatic carbocycles. The number of rotatable bonds is 6. The van der Waals surface area contributed by atoms with E-state index in [1.165, 1.54) is 22.3 Å². The molecule has 0 fully saturated rings. The van der Waals surface area contributed by atoms with E-state index in [2.05, 4.69) is 46.4 Å². The summed E-state index contributed by atoms with van der Waals surface area (Å²) >= 11 is 0. The highest BCUT2D eigenvalue weighted by atomic mass is 16.3. The second-order valence-electron chi connectivity index (χ2n) is 6.95. The fourth-order valence-electron chi connectivity index (χ4n) is 2.69. The second-order valence-corrected chi connectivity index (χ2v) is 6.95. The van der Waals surface area contributed by atoms with Crippen molar-refractivity contribution in [1.82, 2.24) is 0 Å². The molecule has 0 radical (unpaired) electrons. The Balaban J connectivity index is 2.95. The van der Waals surface area contributed by atoms with Gasteiger partial charge in [-0.25, -0.2) is 0 Å². The molecule has 0 amide bonds. The molecule has 1 rings (SSSR count). The maximum Gasteiger partial charge on any atom is 0.111 e. The average molecular weight is 325 g/mol. The molecular weight excluding hydrogens is 294 g/mol. The quantitative estimate of drug-likeness (QED) is 0.351. The molecule has 0 saturated heterocycles. The molecule has 2 heteroatoms. The molecule has 0 bridgehead atoms. The van der Waals surface area contributed by atoms with Crippen molar-refractivity contribution in [2.45, 2.75) is 60.8 Å². The molecule has 0 spiro atoms. The molecule has 0 aliphatic rings. The van der Waals surface area contributed by atoms with Gasteiger partial charge in [0.1, 0.15) is 5.76 Å². The number of aliphatic hydroxyl groups is 1. The molecule has 1 unspecified atom stereocenters. The third kappa shape index (κ3) is 4.95. The van der Waals surface area contributed by atoms with Gasteiger partial charge in [-0.05, 0) is 92.9 Å². The van der Waals surface area contributed by atoms with Crippen LogP contribution in [0.3, 0.4) is 0 Å². The maximum absolute atomic E-state index is 9.48. The van der Waals surface area contributed by atoms with Gasteiger partial charge < -0.3 is 10.5 Å². The Hall–Kier alpha value is -2.09. The lowest BCUT2D eigenvalue weighted by Gasteiger charge is -2.16. The topological polar surface area (TPSA) is 44.1 Å². The van der Waals surface area contributed by atoms with Crippen LogP contribution in [0, 0.1) is 26.2 Å². The van der Waals surface area contributed by atoms with Gasteiger partial charge >= 0.3 is 0 Å². The van der Waals surface area contributed by atoms with Crippen molar-refractivity contribution in [2.24, 2.45) is 0 Å². The molecule has 1 atom stereocenters. The van der Waals surface area contributed by atoms with E-state index < -0.39 is 0 Å². The molecule has 2 N–H and O–H groups in total. The summed E-state index contributed by atoms with van der Waals surface area (Å²) in [6, 6.07) is 4.48. The van der Waals surface area contributed by atoms with Crippen LogP contribution in [0.1, 0.15) is 62.3 Å². The Morgan fingerprint density at radius 1 is 1.17 bits per heavy atom. The Bertz CT molecular complexity index is 696. The van der Waals surface area contributed by atoms with Crippen LogP contribution in [0.15, 0.2) is 47.3 Å². The van der Waals surface area contributed by atoms with Gasteiger partial charge in [-0.2, -0.15) is 0 Å². The van der Waals surface area contributed by atoms with E-state index in [-0.39, 0.29) is 5.76 Å². The van der Waals surface area contributed by atoms with Gasteiger partial charge in [-0.3, -0.25) is 0 Å². The molecule has 0 aliphatic heterocycles. The second kappa shape index (κ2) is 8.14. The predicted molar refractivity (Wildman–Crippen MR) is 105 cm³/mol. The van der Waals surface area contributed by atoms with E-state index in [0.717, 1.165) is 16.7 Å². The summed E-state index contributed by atoms with van der Waals surface area (Å²) in [5.74, 6) is 0.388. The van der Waals surface area contributed by atoms with Crippen molar-refractivity contribution < 1.29 is 5.11 Å². The van der Waals surface area contributed by atoms with Crippen molar-refractivity contribution in [3.8, 4) is 0 Å². The summed E-state index contributed by atoms with van der Waals surface area (Å²) < 4.78 is 0. The molecule has 24 heavy (non-hydrogen) atoms. The number of nitrogens with one attached hydrogen (secondary N) is 1. The molecule has 0 aromatic heterocycles. The summed E-state index contributed by atoms with van der Waals surface area (Å²) in [7, 11) is 0. The molecule has 130 valence electrons. The molecule has 2 nitrogen and oxygen atoms in total. The van der Waals surface area contributed by atoms with Gasteiger partial charge in [0.25, 0.3) is 0 Å². The third-order valence-corrected chi connectivity index (χ3v) is 4.96. The van der Waals surface area contributed by atoms with Crippen LogP contribution in [0.2, 0.25) is 0 Å². The molecular formula is C22H31NO. The summed E-state index contributed by atoms with van der Waals surface area (Å²) in [4.78, 5) is 0. The van der Waals surface area contributed by atoms with Crippen LogP contribution < -0.4 is 0 Å². The highest BCUT2D eigenvalue weighted by molar-refractivity contribution is 5.98. The number of hydrogen-bond donors (Lipinski definition) is 2. The zero-order chi connectivity index (χ0) is 18.6. The Labute approximate surface area is 147 Å². The fraction of sp³-hybridized carbons (Fsp3) is 0.409. The van der Waals surface area contributed by atoms with Gasteiger partial charge in [0, 0.05) is 5.71 Å². The molecule has 0 heterocycles. The first-order valence-corrected chi connectivity index (χ1v) is 8.44. The highest BCUT2D eigenvalue weighted by Crippen LogP contribution is 2.26. The zero-order valence-electron chi connectivity index (χ0n) is 16.2. The van der Waals surface area contributed by atoms with Gasteiger partial charge in [0.15, 0.2) is 0 Å². The van der Waals surface area contributed by atoms with Crippen molar-refractivity contribution in [3.05, 3.63) is 69.5 Å². The Morgan fingerprint density at radius 2 is 1.67 bits per heavy atom. The predicted octanol–water partition coefficient (Wildman–Crippen LogP) is 6.48. The number of aryl methyl sites for hydroxylation is 2. The normalized spacial score (nSPS) is 14.2. The first-order chi connectivity index (χ1) is 11.0. The fourth-order valence-corrected chi connectivity index (χ4v) is 2.69. The number of hydrogen-bond acceptors (Lipinski definition) is 2. The number of benzene rings is 1. The van der Waals surface area contributed by atoms with Crippen LogP contribution in [0.25, 0.3) is 0 Å². The summed E-state index contributed by atoms with van der Waals surface area (Å²) in [5.41, 5.74) is 8.53.